The number of methoxy groups -OCH3 is 1. The second kappa shape index (κ2) is 7.15. The van der Waals surface area contributed by atoms with E-state index in [4.69, 9.17) is 20.8 Å². The SMILES string of the molecule is COc1cccc(-c2nnc(Nc3ccc(Cl)cc3)o2)c1.Cl. The second-order valence-electron chi connectivity index (χ2n) is 4.28. The molecule has 0 atom stereocenters. The topological polar surface area (TPSA) is 60.2 Å². The monoisotopic (exact) mass is 337 g/mol. The molecule has 0 fully saturated rings. The molecule has 3 aromatic rings. The Bertz CT molecular complexity index is 745. The van der Waals surface area contributed by atoms with Gasteiger partial charge < -0.3 is 14.5 Å². The van der Waals surface area contributed by atoms with Crippen LogP contribution in [0.25, 0.3) is 11.5 Å². The summed E-state index contributed by atoms with van der Waals surface area (Å²) in [5, 5.41) is 11.7. The van der Waals surface area contributed by atoms with Crippen LogP contribution < -0.4 is 10.1 Å². The summed E-state index contributed by atoms with van der Waals surface area (Å²) < 4.78 is 10.8. The fourth-order valence-electron chi connectivity index (χ4n) is 1.80. The minimum Gasteiger partial charge on any atom is -0.497 e. The summed E-state index contributed by atoms with van der Waals surface area (Å²) in [6, 6.07) is 15.0. The molecule has 0 aliphatic rings. The van der Waals surface area contributed by atoms with Gasteiger partial charge in [0.25, 0.3) is 0 Å². The quantitative estimate of drug-likeness (QED) is 0.755. The van der Waals surface area contributed by atoms with Gasteiger partial charge in [-0.2, -0.15) is 0 Å². The highest BCUT2D eigenvalue weighted by molar-refractivity contribution is 6.30. The van der Waals surface area contributed by atoms with E-state index in [1.54, 1.807) is 19.2 Å². The Morgan fingerprint density at radius 2 is 1.86 bits per heavy atom. The van der Waals surface area contributed by atoms with Crippen molar-refractivity contribution in [1.29, 1.82) is 0 Å². The van der Waals surface area contributed by atoms with Crippen LogP contribution in [0, 0.1) is 0 Å². The molecule has 22 heavy (non-hydrogen) atoms. The predicted molar refractivity (Wildman–Crippen MR) is 88.3 cm³/mol. The minimum atomic E-state index is 0. The van der Waals surface area contributed by atoms with Gasteiger partial charge >= 0.3 is 6.01 Å². The third-order valence-electron chi connectivity index (χ3n) is 2.84. The van der Waals surface area contributed by atoms with Crippen LogP contribution in [0.1, 0.15) is 0 Å². The lowest BCUT2D eigenvalue weighted by molar-refractivity contribution is 0.415. The van der Waals surface area contributed by atoms with Crippen molar-refractivity contribution in [2.45, 2.75) is 0 Å². The first-order valence-electron chi connectivity index (χ1n) is 6.25. The van der Waals surface area contributed by atoms with E-state index in [2.05, 4.69) is 15.5 Å². The maximum Gasteiger partial charge on any atom is 0.320 e. The molecule has 1 N–H and O–H groups in total. The van der Waals surface area contributed by atoms with Gasteiger partial charge in [-0.25, -0.2) is 0 Å². The fourth-order valence-corrected chi connectivity index (χ4v) is 1.93. The Kier molecular flexibility index (Phi) is 5.25. The van der Waals surface area contributed by atoms with Gasteiger partial charge in [-0.1, -0.05) is 22.8 Å². The highest BCUT2D eigenvalue weighted by atomic mass is 35.5. The number of hydrogen-bond acceptors (Lipinski definition) is 5. The van der Waals surface area contributed by atoms with E-state index in [-0.39, 0.29) is 12.4 Å². The molecular formula is C15H13Cl2N3O2. The number of nitrogens with one attached hydrogen (secondary N) is 1. The highest BCUT2D eigenvalue weighted by Gasteiger charge is 2.09. The van der Waals surface area contributed by atoms with E-state index in [1.165, 1.54) is 0 Å². The number of ether oxygens (including phenoxy) is 1. The molecule has 0 amide bonds. The summed E-state index contributed by atoms with van der Waals surface area (Å²) in [5.74, 6) is 1.16. The molecule has 0 saturated carbocycles. The van der Waals surface area contributed by atoms with Crippen molar-refractivity contribution in [3.63, 3.8) is 0 Å². The fraction of sp³-hybridized carbons (Fsp3) is 0.0667. The molecule has 0 aliphatic carbocycles. The molecule has 0 saturated heterocycles. The molecule has 0 unspecified atom stereocenters. The van der Waals surface area contributed by atoms with E-state index in [1.807, 2.05) is 36.4 Å². The van der Waals surface area contributed by atoms with Crippen molar-refractivity contribution < 1.29 is 9.15 Å². The maximum absolute atomic E-state index is 5.84. The van der Waals surface area contributed by atoms with Crippen LogP contribution in [-0.2, 0) is 0 Å². The summed E-state index contributed by atoms with van der Waals surface area (Å²) in [6.45, 7) is 0. The van der Waals surface area contributed by atoms with E-state index < -0.39 is 0 Å². The van der Waals surface area contributed by atoms with Gasteiger partial charge in [0.2, 0.25) is 5.89 Å². The smallest absolute Gasteiger partial charge is 0.320 e. The summed E-state index contributed by atoms with van der Waals surface area (Å²) in [6.07, 6.45) is 0. The van der Waals surface area contributed by atoms with Gasteiger partial charge in [0.05, 0.1) is 7.11 Å². The van der Waals surface area contributed by atoms with Gasteiger partial charge in [0.15, 0.2) is 0 Å². The van der Waals surface area contributed by atoms with Crippen molar-refractivity contribution in [3.8, 4) is 17.2 Å². The molecule has 0 spiro atoms. The lowest BCUT2D eigenvalue weighted by Gasteiger charge is -2.01. The Morgan fingerprint density at radius 3 is 2.59 bits per heavy atom. The van der Waals surface area contributed by atoms with Crippen molar-refractivity contribution >= 4 is 35.7 Å². The number of benzene rings is 2. The maximum atomic E-state index is 5.84. The van der Waals surface area contributed by atoms with Crippen molar-refractivity contribution in [2.75, 3.05) is 12.4 Å². The first-order chi connectivity index (χ1) is 10.2. The first kappa shape index (κ1) is 16.1. The number of rotatable bonds is 4. The normalized spacial score (nSPS) is 9.91. The average molecular weight is 338 g/mol. The first-order valence-corrected chi connectivity index (χ1v) is 6.63. The van der Waals surface area contributed by atoms with Crippen LogP contribution in [-0.4, -0.2) is 17.3 Å². The highest BCUT2D eigenvalue weighted by Crippen LogP contribution is 2.25. The molecule has 3 rings (SSSR count). The van der Waals surface area contributed by atoms with Crippen molar-refractivity contribution in [2.24, 2.45) is 0 Å². The third-order valence-corrected chi connectivity index (χ3v) is 3.09. The van der Waals surface area contributed by atoms with E-state index in [0.717, 1.165) is 17.0 Å². The molecule has 2 aromatic carbocycles. The van der Waals surface area contributed by atoms with E-state index >= 15 is 0 Å². The zero-order valence-corrected chi connectivity index (χ0v) is 13.2. The van der Waals surface area contributed by atoms with Crippen LogP contribution in [0.15, 0.2) is 52.9 Å². The zero-order chi connectivity index (χ0) is 14.7. The van der Waals surface area contributed by atoms with Gasteiger partial charge in [-0.3, -0.25) is 0 Å². The summed E-state index contributed by atoms with van der Waals surface area (Å²) >= 11 is 5.84. The van der Waals surface area contributed by atoms with Crippen LogP contribution in [0.4, 0.5) is 11.7 Å². The molecule has 0 aliphatic heterocycles. The van der Waals surface area contributed by atoms with E-state index in [0.29, 0.717) is 16.9 Å². The van der Waals surface area contributed by atoms with Crippen LogP contribution in [0.5, 0.6) is 5.75 Å². The summed E-state index contributed by atoms with van der Waals surface area (Å²) in [4.78, 5) is 0. The second-order valence-corrected chi connectivity index (χ2v) is 4.71. The largest absolute Gasteiger partial charge is 0.497 e. The lowest BCUT2D eigenvalue weighted by atomic mass is 10.2. The molecule has 0 radical (unpaired) electrons. The number of hydrogen-bond donors (Lipinski definition) is 1. The van der Waals surface area contributed by atoms with Gasteiger partial charge in [0, 0.05) is 16.3 Å². The Labute approximate surface area is 138 Å². The van der Waals surface area contributed by atoms with Gasteiger partial charge in [-0.15, -0.1) is 17.5 Å². The van der Waals surface area contributed by atoms with Gasteiger partial charge in [-0.05, 0) is 42.5 Å². The van der Waals surface area contributed by atoms with Crippen LogP contribution in [0.3, 0.4) is 0 Å². The predicted octanol–water partition coefficient (Wildman–Crippen LogP) is 4.56. The number of nitrogens with zero attached hydrogens (tertiary/aromatic N) is 2. The van der Waals surface area contributed by atoms with Gasteiger partial charge in [0.1, 0.15) is 5.75 Å². The number of aromatic nitrogens is 2. The molecule has 7 heteroatoms. The molecule has 1 heterocycles. The number of halogens is 2. The lowest BCUT2D eigenvalue weighted by Crippen LogP contribution is -1.89. The Balaban J connectivity index is 0.00000176. The molecule has 5 nitrogen and oxygen atoms in total. The zero-order valence-electron chi connectivity index (χ0n) is 11.6. The minimum absolute atomic E-state index is 0. The average Bonchev–Trinajstić information content (AvgIpc) is 2.98. The Morgan fingerprint density at radius 1 is 1.09 bits per heavy atom. The molecule has 114 valence electrons. The standard InChI is InChI=1S/C15H12ClN3O2.ClH/c1-20-13-4-2-3-10(9-13)14-18-19-15(21-14)17-12-7-5-11(16)6-8-12;/h2-9H,1H3,(H,17,19);1H. The van der Waals surface area contributed by atoms with Crippen LogP contribution in [0.2, 0.25) is 5.02 Å². The number of anilines is 2. The summed E-state index contributed by atoms with van der Waals surface area (Å²) in [5.41, 5.74) is 1.62. The molecule has 0 bridgehead atoms. The summed E-state index contributed by atoms with van der Waals surface area (Å²) in [7, 11) is 1.61. The van der Waals surface area contributed by atoms with Crippen molar-refractivity contribution in [1.82, 2.24) is 10.2 Å². The molecular weight excluding hydrogens is 325 g/mol. The molecule has 1 aromatic heterocycles. The van der Waals surface area contributed by atoms with Crippen molar-refractivity contribution in [3.05, 3.63) is 53.6 Å². The third kappa shape index (κ3) is 3.69. The Hall–Kier alpha value is -2.24. The van der Waals surface area contributed by atoms with Crippen LogP contribution >= 0.6 is 24.0 Å². The van der Waals surface area contributed by atoms with E-state index in [9.17, 15) is 0 Å².